The topological polar surface area (TPSA) is 111 Å². The number of aromatic nitrogens is 2. The summed E-state index contributed by atoms with van der Waals surface area (Å²) in [7, 11) is 0. The standard InChI is InChI=1S/C11H13N3O4/c1-2-6-9(16)7(5-15)18-10(6)14-4-3-8(12)13-11(14)17/h1,3-4,6-7,9-10,15-16H,5H2,(H2,12,13,17)/t6-,7-,9+,10-/m1/s1. The highest BCUT2D eigenvalue weighted by molar-refractivity contribution is 5.23. The van der Waals surface area contributed by atoms with Crippen LogP contribution in [0.5, 0.6) is 0 Å². The van der Waals surface area contributed by atoms with Crippen LogP contribution in [0.2, 0.25) is 0 Å². The molecule has 4 N–H and O–H groups in total. The van der Waals surface area contributed by atoms with Gasteiger partial charge in [0.15, 0.2) is 6.23 Å². The van der Waals surface area contributed by atoms with Crippen molar-refractivity contribution in [1.82, 2.24) is 9.55 Å². The molecule has 0 saturated carbocycles. The molecule has 7 nitrogen and oxygen atoms in total. The summed E-state index contributed by atoms with van der Waals surface area (Å²) in [6, 6.07) is 1.43. The molecule has 2 heterocycles. The van der Waals surface area contributed by atoms with Crippen molar-refractivity contribution in [2.45, 2.75) is 18.4 Å². The van der Waals surface area contributed by atoms with Gasteiger partial charge in [-0.05, 0) is 6.07 Å². The van der Waals surface area contributed by atoms with Crippen molar-refractivity contribution in [2.24, 2.45) is 5.92 Å². The molecule has 0 radical (unpaired) electrons. The van der Waals surface area contributed by atoms with Crippen LogP contribution in [-0.2, 0) is 4.74 Å². The fourth-order valence-electron chi connectivity index (χ4n) is 1.93. The number of rotatable bonds is 2. The fraction of sp³-hybridized carbons (Fsp3) is 0.455. The van der Waals surface area contributed by atoms with Crippen LogP contribution >= 0.6 is 0 Å². The molecule has 1 aromatic rings. The Labute approximate surface area is 103 Å². The second-order valence-corrected chi connectivity index (χ2v) is 3.97. The van der Waals surface area contributed by atoms with Gasteiger partial charge in [0, 0.05) is 6.20 Å². The molecule has 7 heteroatoms. The summed E-state index contributed by atoms with van der Waals surface area (Å²) in [5, 5.41) is 18.9. The van der Waals surface area contributed by atoms with E-state index < -0.39 is 30.0 Å². The van der Waals surface area contributed by atoms with Crippen LogP contribution in [0.1, 0.15) is 6.23 Å². The predicted octanol–water partition coefficient (Wildman–Crippen LogP) is -1.67. The van der Waals surface area contributed by atoms with Gasteiger partial charge in [0.2, 0.25) is 0 Å². The second-order valence-electron chi connectivity index (χ2n) is 3.97. The molecule has 2 rings (SSSR count). The van der Waals surface area contributed by atoms with Gasteiger partial charge in [-0.15, -0.1) is 6.42 Å². The maximum Gasteiger partial charge on any atom is 0.351 e. The van der Waals surface area contributed by atoms with Crippen molar-refractivity contribution in [3.8, 4) is 12.3 Å². The van der Waals surface area contributed by atoms with E-state index in [0.29, 0.717) is 0 Å². The van der Waals surface area contributed by atoms with E-state index in [1.54, 1.807) is 0 Å². The van der Waals surface area contributed by atoms with Gasteiger partial charge in [0.1, 0.15) is 18.0 Å². The number of aliphatic hydroxyl groups excluding tert-OH is 2. The maximum absolute atomic E-state index is 11.7. The first-order valence-electron chi connectivity index (χ1n) is 5.33. The van der Waals surface area contributed by atoms with Gasteiger partial charge >= 0.3 is 5.69 Å². The van der Waals surface area contributed by atoms with Crippen molar-refractivity contribution >= 4 is 5.82 Å². The number of aliphatic hydroxyl groups is 2. The molecule has 1 aliphatic heterocycles. The van der Waals surface area contributed by atoms with E-state index in [1.165, 1.54) is 12.3 Å². The predicted molar refractivity (Wildman–Crippen MR) is 62.2 cm³/mol. The average molecular weight is 251 g/mol. The Bertz CT molecular complexity index is 536. The number of hydrogen-bond acceptors (Lipinski definition) is 6. The number of nitrogens with two attached hydrogens (primary N) is 1. The fourth-order valence-corrected chi connectivity index (χ4v) is 1.93. The molecule has 1 aliphatic rings. The Morgan fingerprint density at radius 3 is 2.94 bits per heavy atom. The molecular weight excluding hydrogens is 238 g/mol. The summed E-state index contributed by atoms with van der Waals surface area (Å²) in [6.07, 6.45) is 4.00. The molecule has 1 fully saturated rings. The minimum Gasteiger partial charge on any atom is -0.394 e. The zero-order valence-corrected chi connectivity index (χ0v) is 9.43. The lowest BCUT2D eigenvalue weighted by atomic mass is 10.0. The lowest BCUT2D eigenvalue weighted by molar-refractivity contribution is -0.0469. The molecule has 1 saturated heterocycles. The van der Waals surface area contributed by atoms with Crippen LogP contribution in [-0.4, -0.2) is 38.6 Å². The summed E-state index contributed by atoms with van der Waals surface area (Å²) in [5.41, 5.74) is 4.76. The monoisotopic (exact) mass is 251 g/mol. The van der Waals surface area contributed by atoms with Crippen LogP contribution in [0.4, 0.5) is 5.82 Å². The SMILES string of the molecule is C#C[C@@H]1[C@H](O)[C@@H](CO)O[C@H]1n1ccc(N)nc1=O. The van der Waals surface area contributed by atoms with E-state index >= 15 is 0 Å². The van der Waals surface area contributed by atoms with Gasteiger partial charge in [-0.3, -0.25) is 4.57 Å². The summed E-state index contributed by atoms with van der Waals surface area (Å²) in [5.74, 6) is 1.72. The number of terminal acetylenes is 1. The summed E-state index contributed by atoms with van der Waals surface area (Å²) >= 11 is 0. The smallest absolute Gasteiger partial charge is 0.351 e. The first-order valence-corrected chi connectivity index (χ1v) is 5.33. The highest BCUT2D eigenvalue weighted by Gasteiger charge is 2.43. The number of nitrogens with zero attached hydrogens (tertiary/aromatic N) is 2. The first-order chi connectivity index (χ1) is 8.58. The highest BCUT2D eigenvalue weighted by atomic mass is 16.5. The molecule has 18 heavy (non-hydrogen) atoms. The van der Waals surface area contributed by atoms with Gasteiger partial charge in [0.25, 0.3) is 0 Å². The Hall–Kier alpha value is -1.88. The molecular formula is C11H13N3O4. The summed E-state index contributed by atoms with van der Waals surface area (Å²) in [6.45, 7) is -0.382. The van der Waals surface area contributed by atoms with E-state index in [-0.39, 0.29) is 12.4 Å². The molecule has 0 amide bonds. The molecule has 0 unspecified atom stereocenters. The lowest BCUT2D eigenvalue weighted by Crippen LogP contribution is -2.31. The van der Waals surface area contributed by atoms with Gasteiger partial charge in [-0.25, -0.2) is 4.79 Å². The largest absolute Gasteiger partial charge is 0.394 e. The van der Waals surface area contributed by atoms with Gasteiger partial charge in [-0.2, -0.15) is 4.98 Å². The van der Waals surface area contributed by atoms with Crippen molar-refractivity contribution < 1.29 is 14.9 Å². The third kappa shape index (κ3) is 1.97. The summed E-state index contributed by atoms with van der Waals surface area (Å²) in [4.78, 5) is 15.2. The lowest BCUT2D eigenvalue weighted by Gasteiger charge is -2.17. The number of hydrogen-bond donors (Lipinski definition) is 3. The quantitative estimate of drug-likeness (QED) is 0.542. The maximum atomic E-state index is 11.7. The van der Waals surface area contributed by atoms with Crippen LogP contribution in [0, 0.1) is 18.3 Å². The molecule has 0 bridgehead atoms. The normalized spacial score (nSPS) is 31.2. The molecule has 4 atom stereocenters. The van der Waals surface area contributed by atoms with Gasteiger partial charge < -0.3 is 20.7 Å². The van der Waals surface area contributed by atoms with E-state index in [2.05, 4.69) is 10.9 Å². The van der Waals surface area contributed by atoms with Crippen LogP contribution in [0.15, 0.2) is 17.1 Å². The summed E-state index contributed by atoms with van der Waals surface area (Å²) < 4.78 is 6.53. The highest BCUT2D eigenvalue weighted by Crippen LogP contribution is 2.33. The van der Waals surface area contributed by atoms with Crippen molar-refractivity contribution in [3.05, 3.63) is 22.7 Å². The van der Waals surface area contributed by atoms with Gasteiger partial charge in [0.05, 0.1) is 12.5 Å². The second kappa shape index (κ2) is 4.78. The molecule has 1 aromatic heterocycles. The number of nitrogen functional groups attached to an aromatic ring is 1. The number of anilines is 1. The third-order valence-electron chi connectivity index (χ3n) is 2.87. The molecule has 0 spiro atoms. The minimum atomic E-state index is -1.03. The molecule has 0 aromatic carbocycles. The number of ether oxygens (including phenoxy) is 1. The Morgan fingerprint density at radius 2 is 2.39 bits per heavy atom. The van der Waals surface area contributed by atoms with Crippen LogP contribution in [0.25, 0.3) is 0 Å². The van der Waals surface area contributed by atoms with Crippen LogP contribution < -0.4 is 11.4 Å². The molecule has 0 aliphatic carbocycles. The minimum absolute atomic E-state index is 0.0887. The van der Waals surface area contributed by atoms with Crippen molar-refractivity contribution in [3.63, 3.8) is 0 Å². The van der Waals surface area contributed by atoms with E-state index in [4.69, 9.17) is 22.0 Å². The van der Waals surface area contributed by atoms with Crippen molar-refractivity contribution in [2.75, 3.05) is 12.3 Å². The van der Waals surface area contributed by atoms with Crippen molar-refractivity contribution in [1.29, 1.82) is 0 Å². The Morgan fingerprint density at radius 1 is 1.67 bits per heavy atom. The Kier molecular flexibility index (Phi) is 3.34. The van der Waals surface area contributed by atoms with E-state index in [9.17, 15) is 9.90 Å². The van der Waals surface area contributed by atoms with E-state index in [0.717, 1.165) is 4.57 Å². The van der Waals surface area contributed by atoms with Gasteiger partial charge in [-0.1, -0.05) is 5.92 Å². The van der Waals surface area contributed by atoms with Crippen LogP contribution in [0.3, 0.4) is 0 Å². The zero-order valence-electron chi connectivity index (χ0n) is 9.43. The first kappa shape index (κ1) is 12.6. The van der Waals surface area contributed by atoms with E-state index in [1.807, 2.05) is 0 Å². The third-order valence-corrected chi connectivity index (χ3v) is 2.87. The molecule has 96 valence electrons. The average Bonchev–Trinajstić information content (AvgIpc) is 2.65. The zero-order chi connectivity index (χ0) is 13.3. The Balaban J connectivity index is 2.39.